The molecule has 2 aromatic carbocycles. The van der Waals surface area contributed by atoms with Gasteiger partial charge in [0, 0.05) is 30.2 Å². The number of halogens is 3. The minimum Gasteiger partial charge on any atom is -0.326 e. The predicted octanol–water partition coefficient (Wildman–Crippen LogP) is 6.45. The van der Waals surface area contributed by atoms with E-state index < -0.39 is 11.7 Å². The maximum atomic E-state index is 13.5. The number of hydrogen-bond acceptors (Lipinski definition) is 7. The molecule has 4 heterocycles. The van der Waals surface area contributed by atoms with Crippen LogP contribution >= 0.6 is 0 Å². The molecule has 6 rings (SSSR count). The first-order chi connectivity index (χ1) is 19.5. The van der Waals surface area contributed by atoms with Crippen molar-refractivity contribution in [3.05, 3.63) is 83.3 Å². The van der Waals surface area contributed by atoms with Gasteiger partial charge < -0.3 is 15.6 Å². The molecular weight excluding hydrogens is 535 g/mol. The van der Waals surface area contributed by atoms with Crippen molar-refractivity contribution in [3.63, 3.8) is 0 Å². The fourth-order valence-corrected chi connectivity index (χ4v) is 4.59. The molecule has 0 bridgehead atoms. The number of nitrogens with one attached hydrogen (secondary N) is 3. The number of pyridine rings is 1. The Morgan fingerprint density at radius 3 is 2.49 bits per heavy atom. The number of carbonyl (C=O) groups is 1. The zero-order valence-corrected chi connectivity index (χ0v) is 22.2. The van der Waals surface area contributed by atoms with Crippen LogP contribution in [0.3, 0.4) is 0 Å². The number of nitrogens with zero attached hydrogens (tertiary/aromatic N) is 6. The Kier molecular flexibility index (Phi) is 6.20. The van der Waals surface area contributed by atoms with Crippen molar-refractivity contribution < 1.29 is 18.0 Å². The molecule has 1 aliphatic heterocycles. The van der Waals surface area contributed by atoms with Crippen LogP contribution in [0.1, 0.15) is 22.4 Å². The lowest BCUT2D eigenvalue weighted by Crippen LogP contribution is -2.46. The van der Waals surface area contributed by atoms with E-state index in [0.717, 1.165) is 34.6 Å². The van der Waals surface area contributed by atoms with E-state index in [1.165, 1.54) is 11.0 Å². The van der Waals surface area contributed by atoms with Crippen molar-refractivity contribution in [3.8, 4) is 0 Å². The van der Waals surface area contributed by atoms with Gasteiger partial charge in [-0.2, -0.15) is 18.2 Å². The standard InChI is InChI=1S/C28H24F3N9O/c1-15-4-7-19(34-26-36-21-9-6-18(28(29,30)31)10-22(21)37-26)11-23(15)40-14-17-12-33-25(38-24(17)39(3)27(40)41)35-20-8-5-16(2)32-13-20/h4-13H,14H2,1-3H3,(H,33,35,38)(H2,34,36,37). The van der Waals surface area contributed by atoms with Crippen LogP contribution in [-0.4, -0.2) is 38.0 Å². The number of imidazole rings is 1. The number of aromatic nitrogens is 5. The molecule has 0 radical (unpaired) electrons. The van der Waals surface area contributed by atoms with E-state index in [1.54, 1.807) is 36.5 Å². The topological polar surface area (TPSA) is 115 Å². The Hall–Kier alpha value is -5.20. The summed E-state index contributed by atoms with van der Waals surface area (Å²) in [6, 6.07) is 12.3. The minimum absolute atomic E-state index is 0.250. The van der Waals surface area contributed by atoms with Crippen molar-refractivity contribution in [1.29, 1.82) is 0 Å². The second-order valence-electron chi connectivity index (χ2n) is 9.72. The molecule has 3 N–H and O–H groups in total. The van der Waals surface area contributed by atoms with Gasteiger partial charge in [0.1, 0.15) is 5.82 Å². The van der Waals surface area contributed by atoms with Crippen LogP contribution in [0.4, 0.5) is 52.7 Å². The molecule has 5 aromatic rings. The van der Waals surface area contributed by atoms with Gasteiger partial charge in [-0.1, -0.05) is 6.07 Å². The largest absolute Gasteiger partial charge is 0.416 e. The third-order valence-corrected chi connectivity index (χ3v) is 6.75. The smallest absolute Gasteiger partial charge is 0.326 e. The molecular formula is C28H24F3N9O. The molecule has 0 saturated carbocycles. The normalized spacial score (nSPS) is 13.5. The summed E-state index contributed by atoms with van der Waals surface area (Å²) in [5, 5.41) is 6.21. The number of fused-ring (bicyclic) bond motifs is 2. The summed E-state index contributed by atoms with van der Waals surface area (Å²) in [6.45, 7) is 4.04. The van der Waals surface area contributed by atoms with E-state index in [2.05, 4.69) is 35.6 Å². The zero-order valence-electron chi connectivity index (χ0n) is 22.2. The van der Waals surface area contributed by atoms with Crippen LogP contribution in [0.15, 0.2) is 60.9 Å². The zero-order chi connectivity index (χ0) is 28.9. The molecule has 0 spiro atoms. The molecule has 41 heavy (non-hydrogen) atoms. The lowest BCUT2D eigenvalue weighted by Gasteiger charge is -2.35. The highest BCUT2D eigenvalue weighted by molar-refractivity contribution is 6.05. The Morgan fingerprint density at radius 2 is 1.73 bits per heavy atom. The van der Waals surface area contributed by atoms with E-state index in [0.29, 0.717) is 28.7 Å². The number of H-pyrrole nitrogens is 1. The number of anilines is 6. The number of benzene rings is 2. The average molecular weight is 560 g/mol. The van der Waals surface area contributed by atoms with Gasteiger partial charge in [0.25, 0.3) is 0 Å². The molecule has 13 heteroatoms. The number of rotatable bonds is 5. The molecule has 0 atom stereocenters. The molecule has 10 nitrogen and oxygen atoms in total. The Balaban J connectivity index is 1.25. The highest BCUT2D eigenvalue weighted by Gasteiger charge is 2.32. The number of hydrogen-bond donors (Lipinski definition) is 3. The van der Waals surface area contributed by atoms with Gasteiger partial charge in [-0.05, 0) is 61.9 Å². The van der Waals surface area contributed by atoms with Gasteiger partial charge in [0.15, 0.2) is 0 Å². The van der Waals surface area contributed by atoms with Crippen LogP contribution < -0.4 is 20.4 Å². The van der Waals surface area contributed by atoms with Gasteiger partial charge in [-0.3, -0.25) is 14.8 Å². The van der Waals surface area contributed by atoms with E-state index in [9.17, 15) is 18.0 Å². The van der Waals surface area contributed by atoms with Crippen LogP contribution in [-0.2, 0) is 12.7 Å². The van der Waals surface area contributed by atoms with Crippen molar-refractivity contribution >= 4 is 51.8 Å². The monoisotopic (exact) mass is 559 g/mol. The maximum Gasteiger partial charge on any atom is 0.416 e. The van der Waals surface area contributed by atoms with Gasteiger partial charge >= 0.3 is 12.2 Å². The molecule has 3 aromatic heterocycles. The number of carbonyl (C=O) groups excluding carboxylic acids is 1. The van der Waals surface area contributed by atoms with Crippen LogP contribution in [0.25, 0.3) is 11.0 Å². The van der Waals surface area contributed by atoms with Crippen molar-refractivity contribution in [2.75, 3.05) is 27.5 Å². The SMILES string of the molecule is Cc1ccc(Nc2ncc3c(n2)N(C)C(=O)N(c2cc(Nc4nc5ccc(C(F)(F)F)cc5[nH]4)ccc2C)C3)cn1. The van der Waals surface area contributed by atoms with Crippen molar-refractivity contribution in [2.24, 2.45) is 0 Å². The summed E-state index contributed by atoms with van der Waals surface area (Å²) in [7, 11) is 1.65. The fraction of sp³-hybridized carbons (Fsp3) is 0.179. The molecule has 0 saturated heterocycles. The second kappa shape index (κ2) is 9.77. The van der Waals surface area contributed by atoms with Gasteiger partial charge in [0.2, 0.25) is 11.9 Å². The third kappa shape index (κ3) is 5.09. The summed E-state index contributed by atoms with van der Waals surface area (Å²) in [4.78, 5) is 37.0. The molecule has 2 amide bonds. The van der Waals surface area contributed by atoms with Crippen molar-refractivity contribution in [1.82, 2.24) is 24.9 Å². The summed E-state index contributed by atoms with van der Waals surface area (Å²) in [5.74, 6) is 1.12. The van der Waals surface area contributed by atoms with Gasteiger partial charge in [-0.15, -0.1) is 0 Å². The number of aryl methyl sites for hydroxylation is 2. The number of alkyl halides is 3. The molecule has 1 aliphatic rings. The molecule has 0 fully saturated rings. The van der Waals surface area contributed by atoms with Crippen LogP contribution in [0.2, 0.25) is 0 Å². The van der Waals surface area contributed by atoms with E-state index in [4.69, 9.17) is 0 Å². The molecule has 0 aliphatic carbocycles. The number of urea groups is 1. The lowest BCUT2D eigenvalue weighted by molar-refractivity contribution is -0.137. The van der Waals surface area contributed by atoms with Crippen molar-refractivity contribution in [2.45, 2.75) is 26.6 Å². The van der Waals surface area contributed by atoms with E-state index in [1.807, 2.05) is 32.0 Å². The summed E-state index contributed by atoms with van der Waals surface area (Å²) in [6.07, 6.45) is -1.08. The Labute approximate surface area is 232 Å². The number of amides is 2. The van der Waals surface area contributed by atoms with E-state index in [-0.39, 0.29) is 24.0 Å². The maximum absolute atomic E-state index is 13.5. The highest BCUT2D eigenvalue weighted by atomic mass is 19.4. The van der Waals surface area contributed by atoms with Gasteiger partial charge in [-0.25, -0.2) is 14.8 Å². The summed E-state index contributed by atoms with van der Waals surface area (Å²) in [5.41, 5.74) is 4.37. The lowest BCUT2D eigenvalue weighted by atomic mass is 10.1. The fourth-order valence-electron chi connectivity index (χ4n) is 4.59. The Morgan fingerprint density at radius 1 is 0.927 bits per heavy atom. The quantitative estimate of drug-likeness (QED) is 0.227. The first kappa shape index (κ1) is 26.0. The van der Waals surface area contributed by atoms with Crippen LogP contribution in [0.5, 0.6) is 0 Å². The van der Waals surface area contributed by atoms with E-state index >= 15 is 0 Å². The second-order valence-corrected chi connectivity index (χ2v) is 9.72. The van der Waals surface area contributed by atoms with Crippen LogP contribution in [0, 0.1) is 13.8 Å². The molecule has 0 unspecified atom stereocenters. The molecule has 208 valence electrons. The highest BCUT2D eigenvalue weighted by Crippen LogP contribution is 2.35. The average Bonchev–Trinajstić information content (AvgIpc) is 3.34. The predicted molar refractivity (Wildman–Crippen MR) is 150 cm³/mol. The summed E-state index contributed by atoms with van der Waals surface area (Å²) < 4.78 is 39.3. The first-order valence-electron chi connectivity index (χ1n) is 12.6. The minimum atomic E-state index is -4.45. The number of aromatic amines is 1. The van der Waals surface area contributed by atoms with Gasteiger partial charge in [0.05, 0.1) is 40.7 Å². The Bertz CT molecular complexity index is 1780. The first-order valence-corrected chi connectivity index (χ1v) is 12.6. The summed E-state index contributed by atoms with van der Waals surface area (Å²) >= 11 is 0. The third-order valence-electron chi connectivity index (χ3n) is 6.75.